The second kappa shape index (κ2) is 6.18. The highest BCUT2D eigenvalue weighted by atomic mass is 32.1. The fourth-order valence-corrected chi connectivity index (χ4v) is 4.61. The minimum atomic E-state index is -0.273. The molecule has 0 spiro atoms. The minimum absolute atomic E-state index is 0.0831. The lowest BCUT2D eigenvalue weighted by Gasteiger charge is -2.31. The Hall–Kier alpha value is -2.70. The number of fused-ring (bicyclic) bond motifs is 3. The van der Waals surface area contributed by atoms with Gasteiger partial charge in [0.25, 0.3) is 5.91 Å². The molecule has 27 heavy (non-hydrogen) atoms. The minimum Gasteiger partial charge on any atom is -0.393 e. The van der Waals surface area contributed by atoms with Gasteiger partial charge in [0.15, 0.2) is 4.96 Å². The summed E-state index contributed by atoms with van der Waals surface area (Å²) in [6.45, 7) is 2.08. The zero-order valence-corrected chi connectivity index (χ0v) is 15.7. The molecule has 0 atom stereocenters. The van der Waals surface area contributed by atoms with E-state index in [1.807, 2.05) is 24.3 Å². The number of nitrogens with one attached hydrogen (secondary N) is 1. The first-order valence-electron chi connectivity index (χ1n) is 9.04. The Morgan fingerprint density at radius 1 is 1.26 bits per heavy atom. The van der Waals surface area contributed by atoms with Crippen LogP contribution in [0.3, 0.4) is 0 Å². The molecule has 0 bridgehead atoms. The number of hydrogen-bond donors (Lipinski definition) is 2. The van der Waals surface area contributed by atoms with Gasteiger partial charge in [-0.3, -0.25) is 9.20 Å². The number of hydrogen-bond acceptors (Lipinski definition) is 4. The number of benzene rings is 2. The molecule has 1 amide bonds. The van der Waals surface area contributed by atoms with Gasteiger partial charge in [-0.1, -0.05) is 35.1 Å². The second-order valence-corrected chi connectivity index (χ2v) is 8.24. The molecule has 1 fully saturated rings. The van der Waals surface area contributed by atoms with Crippen LogP contribution >= 0.6 is 11.3 Å². The van der Waals surface area contributed by atoms with Gasteiger partial charge >= 0.3 is 0 Å². The summed E-state index contributed by atoms with van der Waals surface area (Å²) in [5.41, 5.74) is 4.97. The highest BCUT2D eigenvalue weighted by molar-refractivity contribution is 7.23. The van der Waals surface area contributed by atoms with Gasteiger partial charge in [0.05, 0.1) is 22.0 Å². The molecule has 1 aliphatic rings. The van der Waals surface area contributed by atoms with Crippen molar-refractivity contribution in [1.29, 1.82) is 0 Å². The highest BCUT2D eigenvalue weighted by Crippen LogP contribution is 2.30. The van der Waals surface area contributed by atoms with Crippen LogP contribution in [0.25, 0.3) is 26.4 Å². The lowest BCUT2D eigenvalue weighted by atomic mass is 9.89. The Bertz CT molecular complexity index is 1170. The SMILES string of the molecule is Cc1cccc(-c2cn3c(n2)sc2cc(C(=O)NC4CC(O)C4)ccc23)c1. The number of imidazole rings is 1. The highest BCUT2D eigenvalue weighted by Gasteiger charge is 2.28. The summed E-state index contributed by atoms with van der Waals surface area (Å²) < 4.78 is 3.12. The Morgan fingerprint density at radius 2 is 2.11 bits per heavy atom. The number of rotatable bonds is 3. The van der Waals surface area contributed by atoms with Crippen molar-refractivity contribution < 1.29 is 9.90 Å². The first-order chi connectivity index (χ1) is 13.1. The average Bonchev–Trinajstić information content (AvgIpc) is 3.17. The van der Waals surface area contributed by atoms with Crippen molar-refractivity contribution in [3.05, 3.63) is 59.8 Å². The maximum absolute atomic E-state index is 12.4. The van der Waals surface area contributed by atoms with Crippen LogP contribution in [-0.2, 0) is 0 Å². The Balaban J connectivity index is 1.47. The van der Waals surface area contributed by atoms with E-state index in [0.717, 1.165) is 26.4 Å². The number of aryl methyl sites for hydroxylation is 1. The molecule has 0 saturated heterocycles. The Kier molecular flexibility index (Phi) is 3.77. The third kappa shape index (κ3) is 2.91. The fourth-order valence-electron chi connectivity index (χ4n) is 3.56. The summed E-state index contributed by atoms with van der Waals surface area (Å²) >= 11 is 1.58. The molecule has 4 aromatic rings. The van der Waals surface area contributed by atoms with Gasteiger partial charge in [-0.05, 0) is 44.0 Å². The molecule has 5 nitrogen and oxygen atoms in total. The predicted molar refractivity (Wildman–Crippen MR) is 107 cm³/mol. The Labute approximate surface area is 160 Å². The molecule has 0 radical (unpaired) electrons. The molecular formula is C21H19N3O2S. The standard InChI is InChI=1S/C21H19N3O2S/c1-12-3-2-4-13(7-12)17-11-24-18-6-5-14(8-19(18)27-21(24)23-17)20(26)22-15-9-16(25)10-15/h2-8,11,15-16,25H,9-10H2,1H3,(H,22,26). The van der Waals surface area contributed by atoms with Gasteiger partial charge < -0.3 is 10.4 Å². The van der Waals surface area contributed by atoms with E-state index in [-0.39, 0.29) is 18.1 Å². The van der Waals surface area contributed by atoms with Gasteiger partial charge in [-0.15, -0.1) is 0 Å². The van der Waals surface area contributed by atoms with Crippen molar-refractivity contribution in [1.82, 2.24) is 14.7 Å². The normalized spacial score (nSPS) is 19.3. The van der Waals surface area contributed by atoms with Crippen LogP contribution in [0.5, 0.6) is 0 Å². The van der Waals surface area contributed by atoms with E-state index in [1.165, 1.54) is 5.56 Å². The van der Waals surface area contributed by atoms with Gasteiger partial charge in [0, 0.05) is 23.4 Å². The van der Waals surface area contributed by atoms with Crippen molar-refractivity contribution in [3.8, 4) is 11.3 Å². The van der Waals surface area contributed by atoms with Gasteiger partial charge in [-0.25, -0.2) is 4.98 Å². The van der Waals surface area contributed by atoms with E-state index in [4.69, 9.17) is 4.98 Å². The van der Waals surface area contributed by atoms with E-state index in [0.29, 0.717) is 18.4 Å². The number of aliphatic hydroxyl groups excluding tert-OH is 1. The summed E-state index contributed by atoms with van der Waals surface area (Å²) in [6, 6.07) is 14.2. The summed E-state index contributed by atoms with van der Waals surface area (Å²) in [4.78, 5) is 18.1. The van der Waals surface area contributed by atoms with Crippen LogP contribution in [0.4, 0.5) is 0 Å². The summed E-state index contributed by atoms with van der Waals surface area (Å²) in [6.07, 6.45) is 3.06. The number of carbonyl (C=O) groups is 1. The largest absolute Gasteiger partial charge is 0.393 e. The summed E-state index contributed by atoms with van der Waals surface area (Å²) in [5.74, 6) is -0.0831. The third-order valence-corrected chi connectivity index (χ3v) is 6.14. The molecule has 2 heterocycles. The van der Waals surface area contributed by atoms with Gasteiger partial charge in [0.1, 0.15) is 0 Å². The molecule has 2 aromatic carbocycles. The first-order valence-corrected chi connectivity index (χ1v) is 9.86. The predicted octanol–water partition coefficient (Wildman–Crippen LogP) is 3.78. The van der Waals surface area contributed by atoms with E-state index >= 15 is 0 Å². The molecule has 136 valence electrons. The molecule has 2 aromatic heterocycles. The number of aliphatic hydroxyl groups is 1. The summed E-state index contributed by atoms with van der Waals surface area (Å²) in [5, 5.41) is 12.3. The van der Waals surface area contributed by atoms with Gasteiger partial charge in [-0.2, -0.15) is 0 Å². The molecular weight excluding hydrogens is 358 g/mol. The average molecular weight is 377 g/mol. The number of amides is 1. The molecule has 5 rings (SSSR count). The number of thiazole rings is 1. The quantitative estimate of drug-likeness (QED) is 0.571. The van der Waals surface area contributed by atoms with Crippen LogP contribution in [-0.4, -0.2) is 32.5 Å². The lowest BCUT2D eigenvalue weighted by molar-refractivity contribution is 0.0563. The van der Waals surface area contributed by atoms with Crippen molar-refractivity contribution in [2.24, 2.45) is 0 Å². The van der Waals surface area contributed by atoms with Crippen LogP contribution in [0.2, 0.25) is 0 Å². The smallest absolute Gasteiger partial charge is 0.251 e. The summed E-state index contributed by atoms with van der Waals surface area (Å²) in [7, 11) is 0. The third-order valence-electron chi connectivity index (χ3n) is 5.12. The van der Waals surface area contributed by atoms with Gasteiger partial charge in [0.2, 0.25) is 0 Å². The molecule has 0 aliphatic heterocycles. The van der Waals surface area contributed by atoms with Crippen molar-refractivity contribution >= 4 is 32.4 Å². The van der Waals surface area contributed by atoms with Crippen molar-refractivity contribution in [3.63, 3.8) is 0 Å². The van der Waals surface area contributed by atoms with Crippen LogP contribution < -0.4 is 5.32 Å². The van der Waals surface area contributed by atoms with E-state index in [9.17, 15) is 9.90 Å². The Morgan fingerprint density at radius 3 is 2.89 bits per heavy atom. The zero-order valence-electron chi connectivity index (χ0n) is 14.8. The van der Waals surface area contributed by atoms with Crippen molar-refractivity contribution in [2.45, 2.75) is 31.9 Å². The molecule has 0 unspecified atom stereocenters. The maximum atomic E-state index is 12.4. The molecule has 6 heteroatoms. The maximum Gasteiger partial charge on any atom is 0.251 e. The molecule has 1 aliphatic carbocycles. The van der Waals surface area contributed by atoms with Crippen molar-refractivity contribution in [2.75, 3.05) is 0 Å². The van der Waals surface area contributed by atoms with Crippen LogP contribution in [0.1, 0.15) is 28.8 Å². The topological polar surface area (TPSA) is 66.6 Å². The molecule has 2 N–H and O–H groups in total. The van der Waals surface area contributed by atoms with Crippen LogP contribution in [0, 0.1) is 6.92 Å². The lowest BCUT2D eigenvalue weighted by Crippen LogP contribution is -2.46. The second-order valence-electron chi connectivity index (χ2n) is 7.23. The zero-order chi connectivity index (χ0) is 18.5. The fraction of sp³-hybridized carbons (Fsp3) is 0.238. The van der Waals surface area contributed by atoms with E-state index in [2.05, 4.69) is 41.0 Å². The van der Waals surface area contributed by atoms with E-state index in [1.54, 1.807) is 11.3 Å². The van der Waals surface area contributed by atoms with E-state index < -0.39 is 0 Å². The molecule has 1 saturated carbocycles. The monoisotopic (exact) mass is 377 g/mol. The first kappa shape index (κ1) is 16.5. The number of carbonyl (C=O) groups excluding carboxylic acids is 1. The number of aromatic nitrogens is 2. The number of nitrogens with zero attached hydrogens (tertiary/aromatic N) is 2. The van der Waals surface area contributed by atoms with Crippen LogP contribution in [0.15, 0.2) is 48.7 Å².